The number of thiocarbonyl (C=S) groups is 1. The number of ether oxygens (including phenoxy) is 1. The van der Waals surface area contributed by atoms with Gasteiger partial charge < -0.3 is 15.4 Å². The molecule has 3 N–H and O–H groups in total. The predicted molar refractivity (Wildman–Crippen MR) is 119 cm³/mol. The molecule has 0 fully saturated rings. The fraction of sp³-hybridized carbons (Fsp3) is 0.250. The molecular formula is C20H22BrN3O3S. The Morgan fingerprint density at radius 2 is 1.89 bits per heavy atom. The molecule has 2 aromatic carbocycles. The largest absolute Gasteiger partial charge is 0.492 e. The summed E-state index contributed by atoms with van der Waals surface area (Å²) in [5.74, 6) is 0.187. The second-order valence-corrected chi connectivity index (χ2v) is 7.38. The molecule has 6 nitrogen and oxygen atoms in total. The number of carbonyl (C=O) groups excluding carboxylic acids is 2. The number of carbonyl (C=O) groups is 2. The van der Waals surface area contributed by atoms with Gasteiger partial charge in [-0.1, -0.05) is 13.0 Å². The molecule has 2 aromatic rings. The minimum Gasteiger partial charge on any atom is -0.492 e. The van der Waals surface area contributed by atoms with Crippen molar-refractivity contribution < 1.29 is 14.3 Å². The number of hydrogen-bond acceptors (Lipinski definition) is 4. The van der Waals surface area contributed by atoms with E-state index in [2.05, 4.69) is 31.9 Å². The molecule has 0 radical (unpaired) electrons. The Morgan fingerprint density at radius 1 is 1.14 bits per heavy atom. The van der Waals surface area contributed by atoms with Gasteiger partial charge in [0.2, 0.25) is 5.91 Å². The highest BCUT2D eigenvalue weighted by Crippen LogP contribution is 2.26. The Morgan fingerprint density at radius 3 is 2.54 bits per heavy atom. The monoisotopic (exact) mass is 463 g/mol. The van der Waals surface area contributed by atoms with Crippen molar-refractivity contribution in [3.8, 4) is 5.75 Å². The highest BCUT2D eigenvalue weighted by Gasteiger charge is 2.11. The van der Waals surface area contributed by atoms with Gasteiger partial charge in [-0.25, -0.2) is 0 Å². The van der Waals surface area contributed by atoms with Crippen molar-refractivity contribution in [2.45, 2.75) is 27.2 Å². The molecule has 28 heavy (non-hydrogen) atoms. The van der Waals surface area contributed by atoms with E-state index in [1.54, 1.807) is 24.3 Å². The van der Waals surface area contributed by atoms with Gasteiger partial charge in [0.15, 0.2) is 5.11 Å². The van der Waals surface area contributed by atoms with E-state index >= 15 is 0 Å². The summed E-state index contributed by atoms with van der Waals surface area (Å²) >= 11 is 8.64. The van der Waals surface area contributed by atoms with Crippen molar-refractivity contribution in [3.05, 3.63) is 52.0 Å². The van der Waals surface area contributed by atoms with Crippen LogP contribution >= 0.6 is 28.1 Å². The molecule has 2 rings (SSSR count). The van der Waals surface area contributed by atoms with Gasteiger partial charge in [0.25, 0.3) is 5.91 Å². The van der Waals surface area contributed by atoms with Crippen LogP contribution in [-0.2, 0) is 4.79 Å². The van der Waals surface area contributed by atoms with Crippen LogP contribution in [0.2, 0.25) is 0 Å². The summed E-state index contributed by atoms with van der Waals surface area (Å²) in [4.78, 5) is 23.7. The maximum absolute atomic E-state index is 12.4. The van der Waals surface area contributed by atoms with Crippen molar-refractivity contribution >= 4 is 56.4 Å². The van der Waals surface area contributed by atoms with Gasteiger partial charge in [-0.3, -0.25) is 14.9 Å². The molecule has 0 aromatic heterocycles. The fourth-order valence-electron chi connectivity index (χ4n) is 2.33. The number of anilines is 2. The van der Waals surface area contributed by atoms with Gasteiger partial charge >= 0.3 is 0 Å². The van der Waals surface area contributed by atoms with E-state index in [4.69, 9.17) is 17.0 Å². The average molecular weight is 464 g/mol. The first kappa shape index (κ1) is 21.8. The molecular weight excluding hydrogens is 442 g/mol. The summed E-state index contributed by atoms with van der Waals surface area (Å²) in [6.45, 7) is 5.97. The summed E-state index contributed by atoms with van der Waals surface area (Å²) in [5.41, 5.74) is 2.70. The zero-order chi connectivity index (χ0) is 20.7. The minimum atomic E-state index is -0.338. The van der Waals surface area contributed by atoms with E-state index in [0.717, 1.165) is 12.0 Å². The SMILES string of the molecule is CCCOc1ccc(C(=O)NC(=S)Nc2ccc(C)c(NC(C)=O)c2)cc1Br. The molecule has 0 saturated heterocycles. The normalized spacial score (nSPS) is 10.1. The molecule has 8 heteroatoms. The molecule has 0 aliphatic rings. The zero-order valence-electron chi connectivity index (χ0n) is 15.9. The van der Waals surface area contributed by atoms with E-state index in [-0.39, 0.29) is 16.9 Å². The molecule has 0 aliphatic carbocycles. The van der Waals surface area contributed by atoms with Crippen molar-refractivity contribution in [2.24, 2.45) is 0 Å². The van der Waals surface area contributed by atoms with Crippen LogP contribution in [0, 0.1) is 6.92 Å². The number of amides is 2. The lowest BCUT2D eigenvalue weighted by molar-refractivity contribution is -0.114. The number of aryl methyl sites for hydroxylation is 1. The van der Waals surface area contributed by atoms with Gasteiger partial charge in [-0.05, 0) is 77.4 Å². The molecule has 0 unspecified atom stereocenters. The molecule has 0 heterocycles. The summed E-state index contributed by atoms with van der Waals surface area (Å²) in [5, 5.41) is 8.50. The van der Waals surface area contributed by atoms with Crippen LogP contribution in [0.5, 0.6) is 5.75 Å². The molecule has 0 atom stereocenters. The molecule has 0 saturated carbocycles. The van der Waals surface area contributed by atoms with Gasteiger partial charge in [0.05, 0.1) is 11.1 Å². The van der Waals surface area contributed by atoms with Crippen LogP contribution in [-0.4, -0.2) is 23.5 Å². The topological polar surface area (TPSA) is 79.5 Å². The Hall–Kier alpha value is -2.45. The zero-order valence-corrected chi connectivity index (χ0v) is 18.3. The first-order valence-electron chi connectivity index (χ1n) is 8.73. The Bertz CT molecular complexity index is 902. The van der Waals surface area contributed by atoms with Crippen LogP contribution in [0.25, 0.3) is 0 Å². The van der Waals surface area contributed by atoms with Crippen LogP contribution in [0.3, 0.4) is 0 Å². The van der Waals surface area contributed by atoms with Gasteiger partial charge in [0.1, 0.15) is 5.75 Å². The number of nitrogens with one attached hydrogen (secondary N) is 3. The first-order chi connectivity index (χ1) is 13.3. The van der Waals surface area contributed by atoms with E-state index in [0.29, 0.717) is 33.8 Å². The fourth-order valence-corrected chi connectivity index (χ4v) is 3.04. The first-order valence-corrected chi connectivity index (χ1v) is 9.93. The minimum absolute atomic E-state index is 0.157. The number of halogens is 1. The van der Waals surface area contributed by atoms with Crippen molar-refractivity contribution in [3.63, 3.8) is 0 Å². The third kappa shape index (κ3) is 6.31. The van der Waals surface area contributed by atoms with E-state index in [9.17, 15) is 9.59 Å². The quantitative estimate of drug-likeness (QED) is 0.544. The summed E-state index contributed by atoms with van der Waals surface area (Å²) in [6, 6.07) is 10.5. The van der Waals surface area contributed by atoms with Gasteiger partial charge in [-0.2, -0.15) is 0 Å². The number of rotatable bonds is 6. The second kappa shape index (κ2) is 10.2. The summed E-state index contributed by atoms with van der Waals surface area (Å²) < 4.78 is 6.28. The third-order valence-electron chi connectivity index (χ3n) is 3.69. The number of benzene rings is 2. The molecule has 0 spiro atoms. The second-order valence-electron chi connectivity index (χ2n) is 6.11. The lowest BCUT2D eigenvalue weighted by atomic mass is 10.2. The average Bonchev–Trinajstić information content (AvgIpc) is 2.63. The highest BCUT2D eigenvalue weighted by atomic mass is 79.9. The van der Waals surface area contributed by atoms with Gasteiger partial charge in [0, 0.05) is 23.9 Å². The Labute approximate surface area is 178 Å². The van der Waals surface area contributed by atoms with Crippen LogP contribution in [0.1, 0.15) is 36.2 Å². The maximum Gasteiger partial charge on any atom is 0.257 e. The van der Waals surface area contributed by atoms with Crippen LogP contribution < -0.4 is 20.7 Å². The van der Waals surface area contributed by atoms with Gasteiger partial charge in [-0.15, -0.1) is 0 Å². The van der Waals surface area contributed by atoms with Crippen LogP contribution in [0.15, 0.2) is 40.9 Å². The van der Waals surface area contributed by atoms with E-state index in [1.165, 1.54) is 6.92 Å². The Kier molecular flexibility index (Phi) is 7.95. The van der Waals surface area contributed by atoms with Crippen molar-refractivity contribution in [1.82, 2.24) is 5.32 Å². The molecule has 2 amide bonds. The lowest BCUT2D eigenvalue weighted by Gasteiger charge is -2.13. The summed E-state index contributed by atoms with van der Waals surface area (Å²) in [7, 11) is 0. The highest BCUT2D eigenvalue weighted by molar-refractivity contribution is 9.10. The predicted octanol–water partition coefficient (Wildman–Crippen LogP) is 4.63. The van der Waals surface area contributed by atoms with Crippen molar-refractivity contribution in [2.75, 3.05) is 17.2 Å². The van der Waals surface area contributed by atoms with Crippen molar-refractivity contribution in [1.29, 1.82) is 0 Å². The standard InChI is InChI=1S/C20H22BrN3O3S/c1-4-9-27-18-8-6-14(10-16(18)21)19(26)24-20(28)23-15-7-5-12(2)17(11-15)22-13(3)25/h5-8,10-11H,4,9H2,1-3H3,(H,22,25)(H2,23,24,26,28). The molecule has 0 bridgehead atoms. The lowest BCUT2D eigenvalue weighted by Crippen LogP contribution is -2.34. The maximum atomic E-state index is 12.4. The molecule has 0 aliphatic heterocycles. The summed E-state index contributed by atoms with van der Waals surface area (Å²) in [6.07, 6.45) is 0.900. The molecule has 148 valence electrons. The number of hydrogen-bond donors (Lipinski definition) is 3. The van der Waals surface area contributed by atoms with E-state index in [1.807, 2.05) is 26.0 Å². The Balaban J connectivity index is 2.02. The van der Waals surface area contributed by atoms with E-state index < -0.39 is 0 Å². The third-order valence-corrected chi connectivity index (χ3v) is 4.51. The van der Waals surface area contributed by atoms with Crippen LogP contribution in [0.4, 0.5) is 11.4 Å². The smallest absolute Gasteiger partial charge is 0.257 e.